The summed E-state index contributed by atoms with van der Waals surface area (Å²) in [5.74, 6) is 1.20. The molecule has 0 bridgehead atoms. The van der Waals surface area contributed by atoms with Crippen LogP contribution in [0.1, 0.15) is 50.8 Å². The first kappa shape index (κ1) is 16.7. The van der Waals surface area contributed by atoms with Crippen LogP contribution in [0.2, 0.25) is 0 Å². The lowest BCUT2D eigenvalue weighted by Gasteiger charge is -2.38. The molecular weight excluding hydrogens is 300 g/mol. The number of rotatable bonds is 2. The minimum atomic E-state index is -0.205. The van der Waals surface area contributed by atoms with Crippen molar-refractivity contribution < 1.29 is 9.59 Å². The molecule has 24 heavy (non-hydrogen) atoms. The predicted molar refractivity (Wildman–Crippen MR) is 94.9 cm³/mol. The summed E-state index contributed by atoms with van der Waals surface area (Å²) in [5.41, 5.74) is 2.15. The molecule has 2 amide bonds. The van der Waals surface area contributed by atoms with E-state index in [1.165, 1.54) is 6.42 Å². The zero-order valence-corrected chi connectivity index (χ0v) is 14.7. The second kappa shape index (κ2) is 6.80. The Bertz CT molecular complexity index is 657. The van der Waals surface area contributed by atoms with Crippen LogP contribution in [0.4, 0.5) is 0 Å². The van der Waals surface area contributed by atoms with Crippen molar-refractivity contribution in [1.29, 1.82) is 0 Å². The number of benzene rings is 1. The number of fused-ring (bicyclic) bond motifs is 1. The molecule has 3 unspecified atom stereocenters. The molecule has 4 heteroatoms. The van der Waals surface area contributed by atoms with Crippen LogP contribution in [-0.2, 0) is 9.59 Å². The molecule has 2 heterocycles. The van der Waals surface area contributed by atoms with Gasteiger partial charge in [0.05, 0.1) is 12.5 Å². The van der Waals surface area contributed by atoms with Crippen molar-refractivity contribution >= 4 is 17.9 Å². The van der Waals surface area contributed by atoms with E-state index in [0.717, 1.165) is 24.2 Å². The van der Waals surface area contributed by atoms with Gasteiger partial charge < -0.3 is 9.80 Å². The Morgan fingerprint density at radius 2 is 1.79 bits per heavy atom. The van der Waals surface area contributed by atoms with E-state index in [9.17, 15) is 9.59 Å². The van der Waals surface area contributed by atoms with E-state index < -0.39 is 0 Å². The largest absolute Gasteiger partial charge is 0.342 e. The van der Waals surface area contributed by atoms with Gasteiger partial charge in [-0.3, -0.25) is 9.59 Å². The first-order valence-electron chi connectivity index (χ1n) is 8.79. The third-order valence-electron chi connectivity index (χ3n) is 5.06. The Morgan fingerprint density at radius 1 is 1.12 bits per heavy atom. The van der Waals surface area contributed by atoms with Crippen LogP contribution < -0.4 is 0 Å². The average molecular weight is 326 g/mol. The highest BCUT2D eigenvalue weighted by Crippen LogP contribution is 2.34. The molecule has 1 aromatic rings. The Hall–Kier alpha value is -2.10. The van der Waals surface area contributed by atoms with Gasteiger partial charge in [-0.25, -0.2) is 0 Å². The second-order valence-corrected chi connectivity index (χ2v) is 7.34. The molecule has 2 aliphatic rings. The summed E-state index contributed by atoms with van der Waals surface area (Å²) in [6.45, 7) is 7.62. The van der Waals surface area contributed by atoms with Crippen LogP contribution in [0.25, 0.3) is 6.08 Å². The van der Waals surface area contributed by atoms with E-state index in [1.807, 2.05) is 41.4 Å². The minimum absolute atomic E-state index is 0.0288. The molecule has 3 atom stereocenters. The lowest BCUT2D eigenvalue weighted by molar-refractivity contribution is -0.136. The van der Waals surface area contributed by atoms with Gasteiger partial charge in [0.15, 0.2) is 0 Å². The molecule has 0 aromatic heterocycles. The van der Waals surface area contributed by atoms with E-state index in [-0.39, 0.29) is 17.9 Å². The quantitative estimate of drug-likeness (QED) is 0.835. The molecule has 1 fully saturated rings. The molecule has 0 saturated carbocycles. The topological polar surface area (TPSA) is 40.6 Å². The number of carbonyl (C=O) groups excluding carboxylic acids is 2. The lowest BCUT2D eigenvalue weighted by Crippen LogP contribution is -2.44. The normalized spacial score (nSPS) is 26.2. The van der Waals surface area contributed by atoms with Crippen molar-refractivity contribution in [2.24, 2.45) is 11.8 Å². The predicted octanol–water partition coefficient (Wildman–Crippen LogP) is 3.46. The molecule has 3 rings (SSSR count). The van der Waals surface area contributed by atoms with E-state index in [0.29, 0.717) is 18.3 Å². The number of nitrogens with zero attached hydrogens (tertiary/aromatic N) is 2. The molecule has 0 aliphatic carbocycles. The molecule has 1 aromatic carbocycles. The summed E-state index contributed by atoms with van der Waals surface area (Å²) < 4.78 is 0. The summed E-state index contributed by atoms with van der Waals surface area (Å²) in [7, 11) is 0. The number of likely N-dealkylation sites (tertiary alicyclic amines) is 1. The third-order valence-corrected chi connectivity index (χ3v) is 5.06. The molecule has 128 valence electrons. The standard InChI is InChI=1S/C20H26N2O2/c1-14-10-15(2)13-21(12-14)20(24)11-19-18-7-5-4-6-17(18)8-9-22(19)16(3)23/h4-9,14-15,19H,10-13H2,1-3H3. The maximum absolute atomic E-state index is 12.9. The molecule has 1 saturated heterocycles. The van der Waals surface area contributed by atoms with Gasteiger partial charge in [0.25, 0.3) is 0 Å². The summed E-state index contributed by atoms with van der Waals surface area (Å²) in [5, 5.41) is 0. The van der Waals surface area contributed by atoms with Crippen molar-refractivity contribution in [3.05, 3.63) is 41.6 Å². The van der Waals surface area contributed by atoms with Crippen molar-refractivity contribution in [2.45, 2.75) is 39.7 Å². The van der Waals surface area contributed by atoms with Crippen LogP contribution in [0.5, 0.6) is 0 Å². The van der Waals surface area contributed by atoms with E-state index in [1.54, 1.807) is 11.8 Å². The van der Waals surface area contributed by atoms with Crippen molar-refractivity contribution in [2.75, 3.05) is 13.1 Å². The fourth-order valence-electron chi connectivity index (χ4n) is 4.07. The molecule has 0 radical (unpaired) electrons. The van der Waals surface area contributed by atoms with Gasteiger partial charge in [0.1, 0.15) is 0 Å². The third kappa shape index (κ3) is 3.37. The minimum Gasteiger partial charge on any atom is -0.342 e. The van der Waals surface area contributed by atoms with E-state index in [4.69, 9.17) is 0 Å². The summed E-state index contributed by atoms with van der Waals surface area (Å²) in [6, 6.07) is 7.81. The lowest BCUT2D eigenvalue weighted by atomic mass is 9.90. The van der Waals surface area contributed by atoms with Crippen LogP contribution >= 0.6 is 0 Å². The fraction of sp³-hybridized carbons (Fsp3) is 0.500. The Labute approximate surface area is 144 Å². The van der Waals surface area contributed by atoms with Gasteiger partial charge in [-0.2, -0.15) is 0 Å². The molecule has 0 N–H and O–H groups in total. The second-order valence-electron chi connectivity index (χ2n) is 7.34. The smallest absolute Gasteiger partial charge is 0.225 e. The van der Waals surface area contributed by atoms with Crippen molar-refractivity contribution in [3.63, 3.8) is 0 Å². The first-order valence-corrected chi connectivity index (χ1v) is 8.79. The average Bonchev–Trinajstić information content (AvgIpc) is 2.53. The zero-order valence-electron chi connectivity index (χ0n) is 14.7. The first-order chi connectivity index (χ1) is 11.5. The van der Waals surface area contributed by atoms with E-state index >= 15 is 0 Å². The Kier molecular flexibility index (Phi) is 4.74. The maximum atomic E-state index is 12.9. The number of hydrogen-bond acceptors (Lipinski definition) is 2. The van der Waals surface area contributed by atoms with Crippen LogP contribution in [0, 0.1) is 11.8 Å². The van der Waals surface area contributed by atoms with Gasteiger partial charge in [0.2, 0.25) is 11.8 Å². The fourth-order valence-corrected chi connectivity index (χ4v) is 4.07. The van der Waals surface area contributed by atoms with E-state index in [2.05, 4.69) is 13.8 Å². The molecule has 2 aliphatic heterocycles. The molecular formula is C20H26N2O2. The van der Waals surface area contributed by atoms with Crippen molar-refractivity contribution in [3.8, 4) is 0 Å². The summed E-state index contributed by atoms with van der Waals surface area (Å²) in [6.07, 6.45) is 5.28. The number of hydrogen-bond donors (Lipinski definition) is 0. The van der Waals surface area contributed by atoms with Crippen molar-refractivity contribution in [1.82, 2.24) is 9.80 Å². The van der Waals surface area contributed by atoms with Crippen LogP contribution in [0.3, 0.4) is 0 Å². The highest BCUT2D eigenvalue weighted by atomic mass is 16.2. The van der Waals surface area contributed by atoms with Gasteiger partial charge in [-0.05, 0) is 35.5 Å². The summed E-state index contributed by atoms with van der Waals surface area (Å²) >= 11 is 0. The van der Waals surface area contributed by atoms with Crippen LogP contribution in [0.15, 0.2) is 30.5 Å². The number of piperidine rings is 1. The molecule has 0 spiro atoms. The van der Waals surface area contributed by atoms with Gasteiger partial charge >= 0.3 is 0 Å². The highest BCUT2D eigenvalue weighted by molar-refractivity contribution is 5.82. The zero-order chi connectivity index (χ0) is 17.3. The Morgan fingerprint density at radius 3 is 2.46 bits per heavy atom. The number of amides is 2. The highest BCUT2D eigenvalue weighted by Gasteiger charge is 2.32. The Balaban J connectivity index is 1.82. The van der Waals surface area contributed by atoms with Gasteiger partial charge in [-0.1, -0.05) is 38.1 Å². The monoisotopic (exact) mass is 326 g/mol. The van der Waals surface area contributed by atoms with Gasteiger partial charge in [0, 0.05) is 26.2 Å². The summed E-state index contributed by atoms with van der Waals surface area (Å²) in [4.78, 5) is 28.6. The van der Waals surface area contributed by atoms with Crippen LogP contribution in [-0.4, -0.2) is 34.7 Å². The SMILES string of the molecule is CC(=O)N1C=Cc2ccccc2C1CC(=O)N1CC(C)CC(C)C1. The maximum Gasteiger partial charge on any atom is 0.225 e. The van der Waals surface area contributed by atoms with Gasteiger partial charge in [-0.15, -0.1) is 0 Å². The number of carbonyl (C=O) groups is 2. The molecule has 4 nitrogen and oxygen atoms in total.